The average Bonchev–Trinajstić information content (AvgIpc) is 2.68. The summed E-state index contributed by atoms with van der Waals surface area (Å²) in [7, 11) is 0. The minimum Gasteiger partial charge on any atom is -0.339 e. The molecule has 1 aliphatic heterocycles. The van der Waals surface area contributed by atoms with Gasteiger partial charge in [-0.1, -0.05) is 12.1 Å². The predicted octanol–water partition coefficient (Wildman–Crippen LogP) is 4.34. The minimum atomic E-state index is -4.56. The second-order valence-electron chi connectivity index (χ2n) is 6.61. The van der Waals surface area contributed by atoms with Crippen LogP contribution >= 0.6 is 0 Å². The zero-order valence-electron chi connectivity index (χ0n) is 14.8. The Labute approximate surface area is 159 Å². The molecule has 1 N–H and O–H groups in total. The van der Waals surface area contributed by atoms with Crippen LogP contribution in [0.15, 0.2) is 48.5 Å². The van der Waals surface area contributed by atoms with Crippen LogP contribution in [0, 0.1) is 11.7 Å². The number of hydrogen-bond acceptors (Lipinski definition) is 2. The van der Waals surface area contributed by atoms with Gasteiger partial charge in [0.1, 0.15) is 5.82 Å². The summed E-state index contributed by atoms with van der Waals surface area (Å²) in [6.07, 6.45) is -3.88. The second-order valence-corrected chi connectivity index (χ2v) is 6.61. The van der Waals surface area contributed by atoms with Crippen molar-refractivity contribution in [1.29, 1.82) is 0 Å². The third kappa shape index (κ3) is 4.49. The van der Waals surface area contributed by atoms with Crippen molar-refractivity contribution >= 4 is 17.5 Å². The van der Waals surface area contributed by atoms with E-state index in [0.717, 1.165) is 6.07 Å². The molecule has 2 aromatic carbocycles. The molecule has 0 aromatic heterocycles. The fraction of sp³-hybridized carbons (Fsp3) is 0.300. The first-order chi connectivity index (χ1) is 13.3. The Morgan fingerprint density at radius 1 is 0.964 bits per heavy atom. The van der Waals surface area contributed by atoms with Gasteiger partial charge in [-0.25, -0.2) is 4.39 Å². The topological polar surface area (TPSA) is 49.4 Å². The SMILES string of the molecule is O=C(Nc1ccccc1C(F)(F)F)C1CCN(C(=O)c2ccc(F)cc2)CC1. The molecule has 1 heterocycles. The van der Waals surface area contributed by atoms with Crippen molar-refractivity contribution in [2.24, 2.45) is 5.92 Å². The van der Waals surface area contributed by atoms with E-state index >= 15 is 0 Å². The number of anilines is 1. The number of benzene rings is 2. The van der Waals surface area contributed by atoms with Gasteiger partial charge in [-0.2, -0.15) is 13.2 Å². The summed E-state index contributed by atoms with van der Waals surface area (Å²) < 4.78 is 52.1. The molecule has 3 rings (SSSR count). The molecule has 0 radical (unpaired) electrons. The first kappa shape index (κ1) is 19.9. The summed E-state index contributed by atoms with van der Waals surface area (Å²) in [5.74, 6) is -1.68. The predicted molar refractivity (Wildman–Crippen MR) is 95.1 cm³/mol. The van der Waals surface area contributed by atoms with E-state index in [4.69, 9.17) is 0 Å². The van der Waals surface area contributed by atoms with Gasteiger partial charge in [-0.3, -0.25) is 9.59 Å². The molecular weight excluding hydrogens is 376 g/mol. The van der Waals surface area contributed by atoms with E-state index in [1.54, 1.807) is 4.90 Å². The van der Waals surface area contributed by atoms with Crippen molar-refractivity contribution in [2.75, 3.05) is 18.4 Å². The van der Waals surface area contributed by atoms with Crippen molar-refractivity contribution < 1.29 is 27.2 Å². The first-order valence-corrected chi connectivity index (χ1v) is 8.77. The van der Waals surface area contributed by atoms with Crippen molar-refractivity contribution in [3.63, 3.8) is 0 Å². The summed E-state index contributed by atoms with van der Waals surface area (Å²) >= 11 is 0. The number of hydrogen-bond donors (Lipinski definition) is 1. The number of nitrogens with zero attached hydrogens (tertiary/aromatic N) is 1. The molecule has 2 aromatic rings. The summed E-state index contributed by atoms with van der Waals surface area (Å²) in [5.41, 5.74) is -0.819. The van der Waals surface area contributed by atoms with Crippen LogP contribution in [0.1, 0.15) is 28.8 Å². The third-order valence-electron chi connectivity index (χ3n) is 4.73. The van der Waals surface area contributed by atoms with Gasteiger partial charge in [0, 0.05) is 24.6 Å². The van der Waals surface area contributed by atoms with Crippen LogP contribution in [0.3, 0.4) is 0 Å². The van der Waals surface area contributed by atoms with Crippen molar-refractivity contribution in [3.8, 4) is 0 Å². The number of halogens is 4. The lowest BCUT2D eigenvalue weighted by molar-refractivity contribution is -0.137. The lowest BCUT2D eigenvalue weighted by atomic mass is 9.95. The summed E-state index contributed by atoms with van der Waals surface area (Å²) in [4.78, 5) is 26.4. The molecule has 0 atom stereocenters. The van der Waals surface area contributed by atoms with E-state index in [0.29, 0.717) is 31.5 Å². The molecule has 0 unspecified atom stereocenters. The van der Waals surface area contributed by atoms with Crippen LogP contribution in [0.25, 0.3) is 0 Å². The molecule has 8 heteroatoms. The molecule has 0 bridgehead atoms. The smallest absolute Gasteiger partial charge is 0.339 e. The van der Waals surface area contributed by atoms with Gasteiger partial charge in [-0.05, 0) is 49.2 Å². The number of alkyl halides is 3. The molecule has 28 heavy (non-hydrogen) atoms. The maximum absolute atomic E-state index is 13.0. The van der Waals surface area contributed by atoms with Crippen molar-refractivity contribution in [2.45, 2.75) is 19.0 Å². The van der Waals surface area contributed by atoms with Gasteiger partial charge in [0.25, 0.3) is 5.91 Å². The maximum Gasteiger partial charge on any atom is 0.418 e. The average molecular weight is 394 g/mol. The number of carbonyl (C=O) groups excluding carboxylic acids is 2. The number of carbonyl (C=O) groups is 2. The van der Waals surface area contributed by atoms with Crippen molar-refractivity contribution in [1.82, 2.24) is 4.90 Å². The fourth-order valence-corrected chi connectivity index (χ4v) is 3.19. The highest BCUT2D eigenvalue weighted by molar-refractivity contribution is 5.95. The third-order valence-corrected chi connectivity index (χ3v) is 4.73. The lowest BCUT2D eigenvalue weighted by Gasteiger charge is -2.31. The Hall–Kier alpha value is -2.90. The van der Waals surface area contributed by atoms with Crippen LogP contribution in [0.2, 0.25) is 0 Å². The van der Waals surface area contributed by atoms with Gasteiger partial charge >= 0.3 is 6.18 Å². The normalized spacial score (nSPS) is 15.4. The minimum absolute atomic E-state index is 0.263. The number of rotatable bonds is 3. The second kappa shape index (κ2) is 8.00. The van der Waals surface area contributed by atoms with Gasteiger partial charge in [0.15, 0.2) is 0 Å². The Morgan fingerprint density at radius 3 is 2.18 bits per heavy atom. The molecule has 2 amide bonds. The summed E-state index contributed by atoms with van der Waals surface area (Å²) in [6.45, 7) is 0.602. The highest BCUT2D eigenvalue weighted by Crippen LogP contribution is 2.35. The standard InChI is InChI=1S/C20H18F4N2O2/c21-15-7-5-14(6-8-15)19(28)26-11-9-13(10-12-26)18(27)25-17-4-2-1-3-16(17)20(22,23)24/h1-8,13H,9-12H2,(H,25,27). The monoisotopic (exact) mass is 394 g/mol. The van der Waals surface area contributed by atoms with Gasteiger partial charge in [-0.15, -0.1) is 0 Å². The van der Waals surface area contributed by atoms with Gasteiger partial charge in [0.2, 0.25) is 5.91 Å². The number of piperidine rings is 1. The van der Waals surface area contributed by atoms with Crippen LogP contribution in [0.4, 0.5) is 23.2 Å². The number of para-hydroxylation sites is 1. The van der Waals surface area contributed by atoms with E-state index in [9.17, 15) is 27.2 Å². The molecule has 0 saturated carbocycles. The maximum atomic E-state index is 13.0. The Morgan fingerprint density at radius 2 is 1.57 bits per heavy atom. The van der Waals surface area contributed by atoms with Crippen molar-refractivity contribution in [3.05, 3.63) is 65.5 Å². The van der Waals surface area contributed by atoms with Gasteiger partial charge in [0.05, 0.1) is 11.3 Å². The zero-order chi connectivity index (χ0) is 20.3. The van der Waals surface area contributed by atoms with E-state index in [1.165, 1.54) is 42.5 Å². The molecule has 1 saturated heterocycles. The Balaban J connectivity index is 1.60. The molecule has 1 fully saturated rings. The van der Waals surface area contributed by atoms with E-state index < -0.39 is 29.4 Å². The number of nitrogens with one attached hydrogen (secondary N) is 1. The highest BCUT2D eigenvalue weighted by Gasteiger charge is 2.34. The fourth-order valence-electron chi connectivity index (χ4n) is 3.19. The molecule has 0 aliphatic carbocycles. The Bertz CT molecular complexity index is 857. The van der Waals surface area contributed by atoms with Crippen LogP contribution in [-0.4, -0.2) is 29.8 Å². The summed E-state index contributed by atoms with van der Waals surface area (Å²) in [6, 6.07) is 10.0. The lowest BCUT2D eigenvalue weighted by Crippen LogP contribution is -2.41. The van der Waals surface area contributed by atoms with Crippen LogP contribution in [-0.2, 0) is 11.0 Å². The molecule has 0 spiro atoms. The quantitative estimate of drug-likeness (QED) is 0.788. The number of likely N-dealkylation sites (tertiary alicyclic amines) is 1. The van der Waals surface area contributed by atoms with E-state index in [1.807, 2.05) is 0 Å². The zero-order valence-corrected chi connectivity index (χ0v) is 14.8. The van der Waals surface area contributed by atoms with Crippen LogP contribution < -0.4 is 5.32 Å². The highest BCUT2D eigenvalue weighted by atomic mass is 19.4. The molecular formula is C20H18F4N2O2. The molecule has 1 aliphatic rings. The van der Waals surface area contributed by atoms with E-state index in [2.05, 4.69) is 5.32 Å². The van der Waals surface area contributed by atoms with E-state index in [-0.39, 0.29) is 11.6 Å². The van der Waals surface area contributed by atoms with Crippen LogP contribution in [0.5, 0.6) is 0 Å². The molecule has 148 valence electrons. The van der Waals surface area contributed by atoms with Gasteiger partial charge < -0.3 is 10.2 Å². The first-order valence-electron chi connectivity index (χ1n) is 8.77. The Kier molecular flexibility index (Phi) is 5.67. The summed E-state index contributed by atoms with van der Waals surface area (Å²) in [5, 5.41) is 2.36. The number of amides is 2. The largest absolute Gasteiger partial charge is 0.418 e. The molecule has 4 nitrogen and oxygen atoms in total.